The first-order valence-electron chi connectivity index (χ1n) is 4.83. The van der Waals surface area contributed by atoms with E-state index in [-0.39, 0.29) is 6.61 Å². The van der Waals surface area contributed by atoms with Crippen LogP contribution in [0.15, 0.2) is 0 Å². The number of hydrogen-bond acceptors (Lipinski definition) is 6. The Morgan fingerprint density at radius 3 is 2.60 bits per heavy atom. The Labute approximate surface area is 100.0 Å². The van der Waals surface area contributed by atoms with Gasteiger partial charge in [-0.3, -0.25) is 0 Å². The van der Waals surface area contributed by atoms with Crippen molar-refractivity contribution in [2.24, 2.45) is 0 Å². The van der Waals surface area contributed by atoms with E-state index in [9.17, 15) is 0 Å². The summed E-state index contributed by atoms with van der Waals surface area (Å²) >= 11 is 6.20. The molecule has 0 aromatic heterocycles. The van der Waals surface area contributed by atoms with E-state index < -0.39 is 6.10 Å². The molecule has 0 saturated heterocycles. The van der Waals surface area contributed by atoms with Crippen LogP contribution in [0.1, 0.15) is 6.92 Å². The Balaban J connectivity index is 3.20. The Kier molecular flexibility index (Phi) is 11.0. The molecule has 0 aliphatic carbocycles. The summed E-state index contributed by atoms with van der Waals surface area (Å²) in [6, 6.07) is 0. The van der Waals surface area contributed by atoms with Gasteiger partial charge in [-0.15, -0.1) is 11.8 Å². The third-order valence-electron chi connectivity index (χ3n) is 1.49. The maximum atomic E-state index is 9.13. The summed E-state index contributed by atoms with van der Waals surface area (Å²) in [5, 5.41) is 17.7. The first-order chi connectivity index (χ1) is 7.22. The Morgan fingerprint density at radius 2 is 2.00 bits per heavy atom. The van der Waals surface area contributed by atoms with Crippen molar-refractivity contribution in [3.8, 4) is 0 Å². The molecule has 15 heavy (non-hydrogen) atoms. The van der Waals surface area contributed by atoms with Crippen molar-refractivity contribution in [2.45, 2.75) is 13.0 Å². The minimum atomic E-state index is -0.909. The average molecular weight is 254 g/mol. The minimum Gasteiger partial charge on any atom is -0.393 e. The number of thioether (sulfide) groups is 1. The fraction of sp³-hybridized carbons (Fsp3) is 0.889. The van der Waals surface area contributed by atoms with Crippen LogP contribution in [0.3, 0.4) is 0 Å². The third kappa shape index (κ3) is 9.22. The second-order valence-electron chi connectivity index (χ2n) is 2.68. The monoisotopic (exact) mass is 254 g/mol. The quantitative estimate of drug-likeness (QED) is 0.460. The van der Waals surface area contributed by atoms with Crippen LogP contribution >= 0.6 is 24.0 Å². The number of aliphatic hydroxyl groups is 2. The first kappa shape index (κ1) is 15.3. The summed E-state index contributed by atoms with van der Waals surface area (Å²) in [6.07, 6.45) is -0.909. The molecule has 2 N–H and O–H groups in total. The van der Waals surface area contributed by atoms with Gasteiger partial charge in [0.05, 0.1) is 30.6 Å². The number of ether oxygens (including phenoxy) is 2. The van der Waals surface area contributed by atoms with E-state index in [1.54, 1.807) is 0 Å². The molecular weight excluding hydrogens is 236 g/mol. The van der Waals surface area contributed by atoms with Gasteiger partial charge in [0.15, 0.2) is 0 Å². The van der Waals surface area contributed by atoms with Crippen LogP contribution in [0.4, 0.5) is 0 Å². The maximum Gasteiger partial charge on any atom is 0.118 e. The largest absolute Gasteiger partial charge is 0.393 e. The zero-order valence-electron chi connectivity index (χ0n) is 8.85. The number of thiocarbonyl (C=S) groups is 1. The van der Waals surface area contributed by atoms with Crippen LogP contribution in [0, 0.1) is 0 Å². The van der Waals surface area contributed by atoms with Gasteiger partial charge in [-0.25, -0.2) is 0 Å². The summed E-state index contributed by atoms with van der Waals surface area (Å²) < 4.78 is 10.7. The molecule has 1 unspecified atom stereocenters. The SMILES string of the molecule is CCOCCOCCSC(=S)C(O)CO. The van der Waals surface area contributed by atoms with E-state index in [4.69, 9.17) is 31.9 Å². The van der Waals surface area contributed by atoms with Gasteiger partial charge >= 0.3 is 0 Å². The second kappa shape index (κ2) is 10.8. The fourth-order valence-corrected chi connectivity index (χ4v) is 1.73. The average Bonchev–Trinajstić information content (AvgIpc) is 2.26. The number of rotatable bonds is 9. The second-order valence-corrected chi connectivity index (χ2v) is 4.51. The summed E-state index contributed by atoms with van der Waals surface area (Å²) in [6.45, 7) is 4.05. The zero-order valence-corrected chi connectivity index (χ0v) is 10.5. The predicted octanol–water partition coefficient (Wildman–Crippen LogP) is 0.453. The van der Waals surface area contributed by atoms with Crippen molar-refractivity contribution < 1.29 is 19.7 Å². The molecule has 0 aromatic rings. The molecule has 0 saturated carbocycles. The van der Waals surface area contributed by atoms with E-state index in [0.29, 0.717) is 36.4 Å². The van der Waals surface area contributed by atoms with Crippen LogP contribution in [0.2, 0.25) is 0 Å². The third-order valence-corrected chi connectivity index (χ3v) is 3.05. The molecule has 0 aliphatic heterocycles. The standard InChI is InChI=1S/C9H18O4S2/c1-2-12-3-4-13-5-6-15-9(14)8(11)7-10/h8,10-11H,2-7H2,1H3. The molecule has 0 radical (unpaired) electrons. The van der Waals surface area contributed by atoms with Crippen LogP contribution < -0.4 is 0 Å². The highest BCUT2D eigenvalue weighted by Crippen LogP contribution is 2.07. The molecule has 4 nitrogen and oxygen atoms in total. The van der Waals surface area contributed by atoms with Crippen molar-refractivity contribution >= 4 is 28.2 Å². The van der Waals surface area contributed by atoms with Gasteiger partial charge in [0, 0.05) is 12.4 Å². The molecule has 6 heteroatoms. The van der Waals surface area contributed by atoms with E-state index in [1.807, 2.05) is 6.92 Å². The minimum absolute atomic E-state index is 0.322. The predicted molar refractivity (Wildman–Crippen MR) is 65.5 cm³/mol. The summed E-state index contributed by atoms with van der Waals surface area (Å²) in [7, 11) is 0. The molecule has 0 aliphatic rings. The highest BCUT2D eigenvalue weighted by atomic mass is 32.2. The first-order valence-corrected chi connectivity index (χ1v) is 6.22. The molecule has 0 bridgehead atoms. The van der Waals surface area contributed by atoms with E-state index in [0.717, 1.165) is 0 Å². The van der Waals surface area contributed by atoms with Gasteiger partial charge in [-0.2, -0.15) is 0 Å². The lowest BCUT2D eigenvalue weighted by atomic mass is 10.4. The molecule has 1 atom stereocenters. The highest BCUT2D eigenvalue weighted by Gasteiger charge is 2.08. The Hall–Kier alpha value is 0.280. The van der Waals surface area contributed by atoms with Crippen molar-refractivity contribution in [3.05, 3.63) is 0 Å². The van der Waals surface area contributed by atoms with Gasteiger partial charge in [0.2, 0.25) is 0 Å². The van der Waals surface area contributed by atoms with Crippen molar-refractivity contribution in [1.29, 1.82) is 0 Å². The normalized spacial score (nSPS) is 12.7. The van der Waals surface area contributed by atoms with Crippen LogP contribution in [0.5, 0.6) is 0 Å². The van der Waals surface area contributed by atoms with Crippen LogP contribution in [-0.2, 0) is 9.47 Å². The van der Waals surface area contributed by atoms with Gasteiger partial charge in [-0.1, -0.05) is 12.2 Å². The lowest BCUT2D eigenvalue weighted by molar-refractivity contribution is 0.0594. The molecule has 0 amide bonds. The number of aliphatic hydroxyl groups excluding tert-OH is 2. The lowest BCUT2D eigenvalue weighted by Crippen LogP contribution is -2.20. The molecule has 0 fully saturated rings. The van der Waals surface area contributed by atoms with E-state index >= 15 is 0 Å². The topological polar surface area (TPSA) is 58.9 Å². The van der Waals surface area contributed by atoms with Crippen LogP contribution in [0.25, 0.3) is 0 Å². The molecule has 0 rings (SSSR count). The smallest absolute Gasteiger partial charge is 0.118 e. The lowest BCUT2D eigenvalue weighted by Gasteiger charge is -2.08. The Morgan fingerprint density at radius 1 is 1.33 bits per heavy atom. The highest BCUT2D eigenvalue weighted by molar-refractivity contribution is 8.23. The van der Waals surface area contributed by atoms with Crippen molar-refractivity contribution in [3.63, 3.8) is 0 Å². The molecule has 90 valence electrons. The Bertz CT molecular complexity index is 166. The zero-order chi connectivity index (χ0) is 11.5. The molecule has 0 spiro atoms. The van der Waals surface area contributed by atoms with Gasteiger partial charge < -0.3 is 19.7 Å². The molecule has 0 heterocycles. The fourth-order valence-electron chi connectivity index (χ4n) is 0.736. The van der Waals surface area contributed by atoms with Crippen molar-refractivity contribution in [1.82, 2.24) is 0 Å². The van der Waals surface area contributed by atoms with Gasteiger partial charge in [0.25, 0.3) is 0 Å². The molecular formula is C9H18O4S2. The summed E-state index contributed by atoms with van der Waals surface area (Å²) in [4.78, 5) is 0. The van der Waals surface area contributed by atoms with Crippen LogP contribution in [-0.4, -0.2) is 59.3 Å². The van der Waals surface area contributed by atoms with Crippen molar-refractivity contribution in [2.75, 3.05) is 38.8 Å². The maximum absolute atomic E-state index is 9.13. The summed E-state index contributed by atoms with van der Waals surface area (Å²) in [5.41, 5.74) is 0. The van der Waals surface area contributed by atoms with E-state index in [1.165, 1.54) is 11.8 Å². The number of hydrogen-bond donors (Lipinski definition) is 2. The summed E-state index contributed by atoms with van der Waals surface area (Å²) in [5.74, 6) is 0.683. The molecule has 0 aromatic carbocycles. The van der Waals surface area contributed by atoms with E-state index in [2.05, 4.69) is 0 Å². The van der Waals surface area contributed by atoms with Gasteiger partial charge in [0.1, 0.15) is 6.10 Å². The van der Waals surface area contributed by atoms with Gasteiger partial charge in [-0.05, 0) is 6.92 Å².